The van der Waals surface area contributed by atoms with E-state index in [0.717, 1.165) is 5.75 Å². The van der Waals surface area contributed by atoms with Gasteiger partial charge in [0, 0.05) is 11.1 Å². The molecular formula is C20H19S+. The average molecular weight is 291 g/mol. The van der Waals surface area contributed by atoms with Crippen molar-refractivity contribution in [3.8, 4) is 0 Å². The molecule has 0 saturated carbocycles. The van der Waals surface area contributed by atoms with Crippen LogP contribution in [0.15, 0.2) is 94.7 Å². The number of aryl methyl sites for hydroxylation is 1. The first-order valence-corrected chi connectivity index (χ1v) is 8.59. The number of hydrogen-bond acceptors (Lipinski definition) is 0. The molecule has 0 aliphatic heterocycles. The first-order valence-electron chi connectivity index (χ1n) is 7.20. The summed E-state index contributed by atoms with van der Waals surface area (Å²) >= 11 is 0. The highest BCUT2D eigenvalue weighted by Gasteiger charge is 2.26. The van der Waals surface area contributed by atoms with Crippen LogP contribution >= 0.6 is 0 Å². The lowest BCUT2D eigenvalue weighted by Crippen LogP contribution is -2.08. The van der Waals surface area contributed by atoms with Gasteiger partial charge in [0.25, 0.3) is 0 Å². The summed E-state index contributed by atoms with van der Waals surface area (Å²) in [5, 5.41) is 0. The Morgan fingerprint density at radius 1 is 0.667 bits per heavy atom. The normalized spacial score (nSPS) is 12.0. The summed E-state index contributed by atoms with van der Waals surface area (Å²) in [5.41, 5.74) is 2.77. The van der Waals surface area contributed by atoms with Crippen LogP contribution in [0.1, 0.15) is 11.1 Å². The van der Waals surface area contributed by atoms with Gasteiger partial charge in [-0.15, -0.1) is 0 Å². The quantitative estimate of drug-likeness (QED) is 0.577. The summed E-state index contributed by atoms with van der Waals surface area (Å²) in [6.45, 7) is 2.21. The van der Waals surface area contributed by atoms with E-state index in [-0.39, 0.29) is 10.9 Å². The second-order valence-corrected chi connectivity index (χ2v) is 7.08. The highest BCUT2D eigenvalue weighted by atomic mass is 32.2. The van der Waals surface area contributed by atoms with Crippen LogP contribution < -0.4 is 0 Å². The molecular weight excluding hydrogens is 272 g/mol. The molecule has 0 amide bonds. The lowest BCUT2D eigenvalue weighted by Gasteiger charge is -2.10. The Labute approximate surface area is 129 Å². The molecule has 104 valence electrons. The fraction of sp³-hybridized carbons (Fsp3) is 0.100. The molecule has 0 aliphatic carbocycles. The highest BCUT2D eigenvalue weighted by Crippen LogP contribution is 2.29. The molecule has 0 aliphatic rings. The summed E-state index contributed by atoms with van der Waals surface area (Å²) in [4.78, 5) is 2.86. The smallest absolute Gasteiger partial charge is 0.0622 e. The van der Waals surface area contributed by atoms with Gasteiger partial charge < -0.3 is 0 Å². The maximum absolute atomic E-state index is 2.27. The highest BCUT2D eigenvalue weighted by molar-refractivity contribution is 7.96. The predicted octanol–water partition coefficient (Wildman–Crippen LogP) is 5.23. The molecule has 3 rings (SSSR count). The molecule has 0 spiro atoms. The van der Waals surface area contributed by atoms with Crippen LogP contribution in [0.4, 0.5) is 0 Å². The van der Waals surface area contributed by atoms with Crippen LogP contribution in [0.25, 0.3) is 0 Å². The van der Waals surface area contributed by atoms with E-state index >= 15 is 0 Å². The third kappa shape index (κ3) is 3.37. The summed E-state index contributed by atoms with van der Waals surface area (Å²) in [6, 6.07) is 30.4. The summed E-state index contributed by atoms with van der Waals surface area (Å²) in [6.07, 6.45) is 0. The summed E-state index contributed by atoms with van der Waals surface area (Å²) in [7, 11) is 0.0862. The van der Waals surface area contributed by atoms with Gasteiger partial charge in [-0.1, -0.05) is 66.7 Å². The van der Waals surface area contributed by atoms with Crippen molar-refractivity contribution in [2.75, 3.05) is 0 Å². The third-order valence-electron chi connectivity index (χ3n) is 3.54. The zero-order valence-electron chi connectivity index (χ0n) is 12.2. The Hall–Kier alpha value is -1.99. The van der Waals surface area contributed by atoms with Crippen LogP contribution in [-0.4, -0.2) is 0 Å². The lowest BCUT2D eigenvalue weighted by atomic mass is 10.2. The van der Waals surface area contributed by atoms with Gasteiger partial charge in [-0.05, 0) is 25.1 Å². The van der Waals surface area contributed by atoms with E-state index in [1.54, 1.807) is 0 Å². The van der Waals surface area contributed by atoms with Crippen molar-refractivity contribution in [1.29, 1.82) is 0 Å². The molecule has 0 radical (unpaired) electrons. The minimum atomic E-state index is 0.0862. The molecule has 0 fully saturated rings. The van der Waals surface area contributed by atoms with E-state index in [2.05, 4.69) is 91.9 Å². The van der Waals surface area contributed by atoms with Gasteiger partial charge >= 0.3 is 0 Å². The fourth-order valence-electron chi connectivity index (χ4n) is 2.45. The third-order valence-corrected chi connectivity index (χ3v) is 5.99. The number of benzene rings is 3. The molecule has 0 saturated heterocycles. The van der Waals surface area contributed by atoms with E-state index in [1.807, 2.05) is 0 Å². The Bertz CT molecular complexity index is 689. The van der Waals surface area contributed by atoms with Crippen molar-refractivity contribution in [2.24, 2.45) is 0 Å². The maximum atomic E-state index is 2.27. The van der Waals surface area contributed by atoms with E-state index < -0.39 is 0 Å². The predicted molar refractivity (Wildman–Crippen MR) is 91.7 cm³/mol. The molecule has 0 bridgehead atoms. The molecule has 1 unspecified atom stereocenters. The molecule has 0 nitrogen and oxygen atoms in total. The molecule has 0 aromatic heterocycles. The zero-order valence-corrected chi connectivity index (χ0v) is 13.0. The van der Waals surface area contributed by atoms with E-state index in [9.17, 15) is 0 Å². The summed E-state index contributed by atoms with van der Waals surface area (Å²) in [5.74, 6) is 1.07. The molecule has 3 aromatic carbocycles. The fourth-order valence-corrected chi connectivity index (χ4v) is 4.73. The minimum Gasteiger partial charge on any atom is -0.0622 e. The van der Waals surface area contributed by atoms with Gasteiger partial charge in [-0.3, -0.25) is 0 Å². The second-order valence-electron chi connectivity index (χ2n) is 5.10. The standard InChI is InChI=1S/C20H19S/c1-17-10-8-9-15-20(17)21(19-13-6-3-7-14-19)16-18-11-4-2-5-12-18/h2-15H,16H2,1H3/q+1. The Kier molecular flexibility index (Phi) is 4.42. The molecule has 3 aromatic rings. The minimum absolute atomic E-state index is 0.0862. The average Bonchev–Trinajstić information content (AvgIpc) is 2.55. The van der Waals surface area contributed by atoms with Crippen LogP contribution in [0.3, 0.4) is 0 Å². The van der Waals surface area contributed by atoms with Crippen LogP contribution in [0, 0.1) is 6.92 Å². The molecule has 1 atom stereocenters. The van der Waals surface area contributed by atoms with Crippen molar-refractivity contribution in [3.63, 3.8) is 0 Å². The van der Waals surface area contributed by atoms with E-state index in [1.165, 1.54) is 20.9 Å². The van der Waals surface area contributed by atoms with Crippen molar-refractivity contribution >= 4 is 10.9 Å². The van der Waals surface area contributed by atoms with E-state index in [4.69, 9.17) is 0 Å². The maximum Gasteiger partial charge on any atom is 0.163 e. The molecule has 1 heteroatoms. The Balaban J connectivity index is 2.02. The van der Waals surface area contributed by atoms with Crippen LogP contribution in [0.2, 0.25) is 0 Å². The van der Waals surface area contributed by atoms with Gasteiger partial charge in [0.2, 0.25) is 0 Å². The SMILES string of the molecule is Cc1ccccc1[S+](Cc1ccccc1)c1ccccc1. The van der Waals surface area contributed by atoms with Gasteiger partial charge in [-0.25, -0.2) is 0 Å². The van der Waals surface area contributed by atoms with E-state index in [0.29, 0.717) is 0 Å². The Morgan fingerprint density at radius 2 is 1.24 bits per heavy atom. The second kappa shape index (κ2) is 6.64. The lowest BCUT2D eigenvalue weighted by molar-refractivity contribution is 1.24. The molecule has 21 heavy (non-hydrogen) atoms. The van der Waals surface area contributed by atoms with Gasteiger partial charge in [-0.2, -0.15) is 0 Å². The van der Waals surface area contributed by atoms with Gasteiger partial charge in [0.05, 0.1) is 10.9 Å². The van der Waals surface area contributed by atoms with Crippen LogP contribution in [0.5, 0.6) is 0 Å². The van der Waals surface area contributed by atoms with Crippen molar-refractivity contribution in [3.05, 3.63) is 96.1 Å². The van der Waals surface area contributed by atoms with Gasteiger partial charge in [0.15, 0.2) is 9.79 Å². The van der Waals surface area contributed by atoms with Crippen molar-refractivity contribution in [1.82, 2.24) is 0 Å². The topological polar surface area (TPSA) is 0 Å². The van der Waals surface area contributed by atoms with Gasteiger partial charge in [0.1, 0.15) is 5.75 Å². The Morgan fingerprint density at radius 3 is 1.90 bits per heavy atom. The molecule has 0 heterocycles. The van der Waals surface area contributed by atoms with Crippen molar-refractivity contribution in [2.45, 2.75) is 22.5 Å². The molecule has 0 N–H and O–H groups in total. The monoisotopic (exact) mass is 291 g/mol. The first kappa shape index (κ1) is 14.0. The van der Waals surface area contributed by atoms with Crippen molar-refractivity contribution < 1.29 is 0 Å². The summed E-state index contributed by atoms with van der Waals surface area (Å²) < 4.78 is 0. The largest absolute Gasteiger partial charge is 0.163 e. The zero-order chi connectivity index (χ0) is 14.5. The number of rotatable bonds is 4. The van der Waals surface area contributed by atoms with Crippen LogP contribution in [-0.2, 0) is 16.6 Å². The number of hydrogen-bond donors (Lipinski definition) is 0. The first-order chi connectivity index (χ1) is 10.3.